The second kappa shape index (κ2) is 9.12. The van der Waals surface area contributed by atoms with Crippen LogP contribution in [0.3, 0.4) is 0 Å². The predicted molar refractivity (Wildman–Crippen MR) is 127 cm³/mol. The maximum absolute atomic E-state index is 12.6. The van der Waals surface area contributed by atoms with Gasteiger partial charge in [0, 0.05) is 16.3 Å². The zero-order chi connectivity index (χ0) is 22.6. The van der Waals surface area contributed by atoms with Crippen molar-refractivity contribution >= 4 is 38.9 Å². The molecule has 1 amide bonds. The third-order valence-corrected chi connectivity index (χ3v) is 6.15. The van der Waals surface area contributed by atoms with Crippen molar-refractivity contribution in [3.63, 3.8) is 0 Å². The van der Waals surface area contributed by atoms with Crippen LogP contribution in [0, 0.1) is 0 Å². The zero-order valence-corrected chi connectivity index (χ0v) is 19.2. The minimum Gasteiger partial charge on any atom is -0.322 e. The molecule has 162 valence electrons. The molecule has 0 fully saturated rings. The van der Waals surface area contributed by atoms with E-state index >= 15 is 0 Å². The molecule has 7 heteroatoms. The van der Waals surface area contributed by atoms with E-state index in [4.69, 9.17) is 11.6 Å². The summed E-state index contributed by atoms with van der Waals surface area (Å²) in [5, 5.41) is 3.29. The van der Waals surface area contributed by atoms with Crippen molar-refractivity contribution in [2.24, 2.45) is 0 Å². The number of anilines is 2. The predicted octanol–water partition coefficient (Wildman–Crippen LogP) is 5.83. The number of hydrogen-bond acceptors (Lipinski definition) is 3. The maximum atomic E-state index is 12.6. The molecule has 0 aliphatic carbocycles. The Bertz CT molecular complexity index is 1180. The number of rotatable bonds is 6. The summed E-state index contributed by atoms with van der Waals surface area (Å²) >= 11 is 5.93. The number of amides is 1. The molecule has 0 aromatic heterocycles. The van der Waals surface area contributed by atoms with Gasteiger partial charge in [0.1, 0.15) is 0 Å². The second-order valence-electron chi connectivity index (χ2n) is 8.35. The smallest absolute Gasteiger partial charge is 0.255 e. The van der Waals surface area contributed by atoms with E-state index in [2.05, 4.69) is 30.8 Å². The van der Waals surface area contributed by atoms with Crippen molar-refractivity contribution in [3.8, 4) is 0 Å². The average molecular weight is 457 g/mol. The van der Waals surface area contributed by atoms with Gasteiger partial charge in [-0.05, 0) is 59.0 Å². The topological polar surface area (TPSA) is 75.3 Å². The lowest BCUT2D eigenvalue weighted by molar-refractivity contribution is 0.102. The number of carbonyl (C=O) groups excluding carboxylic acids is 1. The number of benzene rings is 3. The molecule has 0 aliphatic rings. The summed E-state index contributed by atoms with van der Waals surface area (Å²) in [6.45, 7) is 6.34. The molecule has 0 bridgehead atoms. The van der Waals surface area contributed by atoms with Crippen LogP contribution in [0.15, 0.2) is 72.8 Å². The highest BCUT2D eigenvalue weighted by Crippen LogP contribution is 2.23. The van der Waals surface area contributed by atoms with E-state index in [9.17, 15) is 13.2 Å². The van der Waals surface area contributed by atoms with E-state index in [1.54, 1.807) is 60.7 Å². The van der Waals surface area contributed by atoms with Crippen molar-refractivity contribution in [2.75, 3.05) is 10.0 Å². The van der Waals surface area contributed by atoms with Gasteiger partial charge in [0.05, 0.1) is 11.4 Å². The maximum Gasteiger partial charge on any atom is 0.255 e. The van der Waals surface area contributed by atoms with Crippen LogP contribution in [-0.2, 0) is 21.2 Å². The molecule has 3 rings (SSSR count). The SMILES string of the molecule is CC(C)(C)c1ccc(C(=O)Nc2cccc(NS(=O)(=O)Cc3cccc(Cl)c3)c2)cc1. The van der Waals surface area contributed by atoms with Crippen LogP contribution in [0.1, 0.15) is 42.3 Å². The molecule has 0 saturated carbocycles. The van der Waals surface area contributed by atoms with Gasteiger partial charge in [-0.3, -0.25) is 9.52 Å². The fourth-order valence-electron chi connectivity index (χ4n) is 3.05. The Labute approximate surface area is 188 Å². The van der Waals surface area contributed by atoms with Gasteiger partial charge in [-0.2, -0.15) is 0 Å². The first-order valence-electron chi connectivity index (χ1n) is 9.79. The molecule has 0 aliphatic heterocycles. The van der Waals surface area contributed by atoms with Gasteiger partial charge in [-0.1, -0.05) is 62.7 Å². The lowest BCUT2D eigenvalue weighted by atomic mass is 9.87. The number of carbonyl (C=O) groups is 1. The summed E-state index contributed by atoms with van der Waals surface area (Å²) < 4.78 is 27.6. The number of sulfonamides is 1. The molecule has 2 N–H and O–H groups in total. The second-order valence-corrected chi connectivity index (χ2v) is 10.5. The first-order chi connectivity index (χ1) is 14.5. The van der Waals surface area contributed by atoms with E-state index in [-0.39, 0.29) is 17.1 Å². The van der Waals surface area contributed by atoms with Crippen LogP contribution < -0.4 is 10.0 Å². The molecule has 3 aromatic rings. The van der Waals surface area contributed by atoms with E-state index < -0.39 is 10.0 Å². The molecular weight excluding hydrogens is 432 g/mol. The monoisotopic (exact) mass is 456 g/mol. The summed E-state index contributed by atoms with van der Waals surface area (Å²) in [7, 11) is -3.64. The van der Waals surface area contributed by atoms with Crippen LogP contribution in [0.5, 0.6) is 0 Å². The van der Waals surface area contributed by atoms with Crippen molar-refractivity contribution in [1.82, 2.24) is 0 Å². The lowest BCUT2D eigenvalue weighted by Crippen LogP contribution is -2.16. The summed E-state index contributed by atoms with van der Waals surface area (Å²) in [5.74, 6) is -0.469. The molecule has 0 atom stereocenters. The highest BCUT2D eigenvalue weighted by molar-refractivity contribution is 7.91. The van der Waals surface area contributed by atoms with Crippen LogP contribution in [-0.4, -0.2) is 14.3 Å². The van der Waals surface area contributed by atoms with E-state index in [1.165, 1.54) is 0 Å². The molecule has 31 heavy (non-hydrogen) atoms. The minimum absolute atomic E-state index is 0.00554. The lowest BCUT2D eigenvalue weighted by Gasteiger charge is -2.19. The van der Waals surface area contributed by atoms with Gasteiger partial charge in [-0.25, -0.2) is 8.42 Å². The Morgan fingerprint density at radius 1 is 0.903 bits per heavy atom. The molecule has 0 saturated heterocycles. The number of hydrogen-bond donors (Lipinski definition) is 2. The summed E-state index contributed by atoms with van der Waals surface area (Å²) in [6.07, 6.45) is 0. The molecule has 0 radical (unpaired) electrons. The fraction of sp³-hybridized carbons (Fsp3) is 0.208. The first kappa shape index (κ1) is 22.8. The molecular formula is C24H25ClN2O3S. The minimum atomic E-state index is -3.64. The Balaban J connectivity index is 1.69. The zero-order valence-electron chi connectivity index (χ0n) is 17.6. The van der Waals surface area contributed by atoms with Crippen LogP contribution in [0.25, 0.3) is 0 Å². The summed E-state index contributed by atoms with van der Waals surface area (Å²) in [6, 6.07) is 20.7. The van der Waals surface area contributed by atoms with Crippen molar-refractivity contribution in [3.05, 3.63) is 94.5 Å². The Kier molecular flexibility index (Phi) is 6.72. The van der Waals surface area contributed by atoms with Crippen molar-refractivity contribution in [2.45, 2.75) is 31.9 Å². The molecule has 0 spiro atoms. The highest BCUT2D eigenvalue weighted by Gasteiger charge is 2.15. The highest BCUT2D eigenvalue weighted by atomic mass is 35.5. The molecule has 0 unspecified atom stereocenters. The molecule has 3 aromatic carbocycles. The van der Waals surface area contributed by atoms with Crippen LogP contribution >= 0.6 is 11.6 Å². The number of halogens is 1. The van der Waals surface area contributed by atoms with Crippen molar-refractivity contribution in [1.29, 1.82) is 0 Å². The van der Waals surface area contributed by atoms with Gasteiger partial charge in [0.15, 0.2) is 0 Å². The standard InChI is InChI=1S/C24H25ClN2O3S/c1-24(2,3)19-12-10-18(11-13-19)23(28)26-21-8-5-9-22(15-21)27-31(29,30)16-17-6-4-7-20(25)14-17/h4-15,27H,16H2,1-3H3,(H,26,28). The fourth-order valence-corrected chi connectivity index (χ4v) is 4.44. The number of nitrogens with one attached hydrogen (secondary N) is 2. The third-order valence-electron chi connectivity index (χ3n) is 4.65. The van der Waals surface area contributed by atoms with Crippen LogP contribution in [0.4, 0.5) is 11.4 Å². The Morgan fingerprint density at radius 3 is 2.19 bits per heavy atom. The van der Waals surface area contributed by atoms with E-state index in [0.29, 0.717) is 27.5 Å². The van der Waals surface area contributed by atoms with Crippen LogP contribution in [0.2, 0.25) is 5.02 Å². The first-order valence-corrected chi connectivity index (χ1v) is 11.8. The molecule has 0 heterocycles. The van der Waals surface area contributed by atoms with Gasteiger partial charge >= 0.3 is 0 Å². The summed E-state index contributed by atoms with van der Waals surface area (Å²) in [4.78, 5) is 12.6. The average Bonchev–Trinajstić information content (AvgIpc) is 2.67. The largest absolute Gasteiger partial charge is 0.322 e. The van der Waals surface area contributed by atoms with Gasteiger partial charge in [-0.15, -0.1) is 0 Å². The third kappa shape index (κ3) is 6.57. The Morgan fingerprint density at radius 2 is 1.55 bits per heavy atom. The van der Waals surface area contributed by atoms with Crippen molar-refractivity contribution < 1.29 is 13.2 Å². The quantitative estimate of drug-likeness (QED) is 0.489. The van der Waals surface area contributed by atoms with Gasteiger partial charge in [0.25, 0.3) is 5.91 Å². The van der Waals surface area contributed by atoms with E-state index in [0.717, 1.165) is 5.56 Å². The summed E-state index contributed by atoms with van der Waals surface area (Å²) in [5.41, 5.74) is 3.12. The van der Waals surface area contributed by atoms with E-state index in [1.807, 2.05) is 12.1 Å². The molecule has 5 nitrogen and oxygen atoms in total. The van der Waals surface area contributed by atoms with Gasteiger partial charge < -0.3 is 5.32 Å². The Hall–Kier alpha value is -2.83. The van der Waals surface area contributed by atoms with Gasteiger partial charge in [0.2, 0.25) is 10.0 Å². The normalized spacial score (nSPS) is 11.7.